The van der Waals surface area contributed by atoms with Crippen LogP contribution in [-0.4, -0.2) is 35.0 Å². The van der Waals surface area contributed by atoms with Gasteiger partial charge >= 0.3 is 0 Å². The number of benzene rings is 1. The van der Waals surface area contributed by atoms with Gasteiger partial charge in [0.05, 0.1) is 0 Å². The number of nitrogens with zero attached hydrogens (tertiary/aromatic N) is 1. The van der Waals surface area contributed by atoms with Crippen LogP contribution in [-0.2, 0) is 14.6 Å². The minimum absolute atomic E-state index is 0.0637. The molecule has 1 heterocycles. The van der Waals surface area contributed by atoms with Gasteiger partial charge in [-0.15, -0.1) is 11.3 Å². The minimum atomic E-state index is -3.56. The number of amides is 1. The maximum Gasteiger partial charge on any atom is 0.219 e. The molecule has 130 valence electrons. The van der Waals surface area contributed by atoms with Gasteiger partial charge in [0.15, 0.2) is 9.84 Å². The molecule has 1 amide bonds. The van der Waals surface area contributed by atoms with Gasteiger partial charge in [0.1, 0.15) is 9.46 Å². The van der Waals surface area contributed by atoms with Crippen LogP contribution >= 0.6 is 11.3 Å². The first kappa shape index (κ1) is 18.5. The van der Waals surface area contributed by atoms with E-state index in [4.69, 9.17) is 0 Å². The summed E-state index contributed by atoms with van der Waals surface area (Å²) in [6, 6.07) is 10.7. The second-order valence-electron chi connectivity index (χ2n) is 5.61. The molecular weight excluding hydrogens is 344 g/mol. The van der Waals surface area contributed by atoms with Crippen molar-refractivity contribution >= 4 is 32.8 Å². The lowest BCUT2D eigenvalue weighted by Crippen LogP contribution is -2.31. The highest BCUT2D eigenvalue weighted by atomic mass is 32.2. The van der Waals surface area contributed by atoms with E-state index < -0.39 is 15.1 Å². The lowest BCUT2D eigenvalue weighted by atomic mass is 10.1. The summed E-state index contributed by atoms with van der Waals surface area (Å²) in [6.07, 6.45) is 0.325. The number of carbonyl (C=O) groups is 1. The highest BCUT2D eigenvalue weighted by molar-refractivity contribution is 7.93. The monoisotopic (exact) mass is 366 g/mol. The fourth-order valence-electron chi connectivity index (χ4n) is 2.29. The van der Waals surface area contributed by atoms with E-state index in [1.807, 2.05) is 43.3 Å². The molecule has 0 spiro atoms. The zero-order valence-electron chi connectivity index (χ0n) is 14.0. The van der Waals surface area contributed by atoms with Gasteiger partial charge in [0, 0.05) is 32.7 Å². The molecule has 1 N–H and O–H groups in total. The Morgan fingerprint density at radius 1 is 1.21 bits per heavy atom. The van der Waals surface area contributed by atoms with Gasteiger partial charge in [0.2, 0.25) is 5.91 Å². The number of hydrogen-bond acceptors (Lipinski definition) is 5. The summed E-state index contributed by atoms with van der Waals surface area (Å²) in [5, 5.41) is 3.65. The predicted molar refractivity (Wildman–Crippen MR) is 98.3 cm³/mol. The summed E-state index contributed by atoms with van der Waals surface area (Å²) in [7, 11) is 0.296. The second-order valence-corrected chi connectivity index (χ2v) is 8.91. The highest BCUT2D eigenvalue weighted by Crippen LogP contribution is 2.32. The summed E-state index contributed by atoms with van der Waals surface area (Å²) in [4.78, 5) is 13.5. The maximum atomic E-state index is 13.0. The molecule has 0 saturated heterocycles. The standard InChI is InChI=1S/C17H22N2O3S2/c1-4-16(20)18-12-15(24(21,22)17-6-5-11-23-17)13-7-9-14(10-8-13)19(2)3/h5-11,15H,4,12H2,1-3H3,(H,18,20)/t15-/m1/s1. The van der Waals surface area contributed by atoms with Crippen LogP contribution < -0.4 is 10.2 Å². The largest absolute Gasteiger partial charge is 0.378 e. The van der Waals surface area contributed by atoms with E-state index in [0.29, 0.717) is 16.2 Å². The Balaban J connectivity index is 2.37. The molecule has 0 aliphatic rings. The van der Waals surface area contributed by atoms with E-state index in [1.54, 1.807) is 24.4 Å². The second kappa shape index (κ2) is 7.81. The number of hydrogen-bond donors (Lipinski definition) is 1. The first-order valence-corrected chi connectivity index (χ1v) is 10.1. The van der Waals surface area contributed by atoms with Gasteiger partial charge in [-0.05, 0) is 29.1 Å². The topological polar surface area (TPSA) is 66.5 Å². The molecule has 0 bridgehead atoms. The Labute approximate surface area is 147 Å². The van der Waals surface area contributed by atoms with E-state index in [0.717, 1.165) is 5.69 Å². The van der Waals surface area contributed by atoms with Crippen molar-refractivity contribution in [3.63, 3.8) is 0 Å². The van der Waals surface area contributed by atoms with Crippen LogP contribution in [0.3, 0.4) is 0 Å². The Morgan fingerprint density at radius 3 is 2.38 bits per heavy atom. The molecule has 24 heavy (non-hydrogen) atoms. The maximum absolute atomic E-state index is 13.0. The number of nitrogens with one attached hydrogen (secondary N) is 1. The summed E-state index contributed by atoms with van der Waals surface area (Å²) in [5.74, 6) is -0.161. The van der Waals surface area contributed by atoms with Crippen LogP contribution in [0.25, 0.3) is 0 Å². The van der Waals surface area contributed by atoms with Crippen LogP contribution in [0.5, 0.6) is 0 Å². The third-order valence-corrected chi connectivity index (χ3v) is 7.27. The predicted octanol–water partition coefficient (Wildman–Crippen LogP) is 2.86. The van der Waals surface area contributed by atoms with Crippen molar-refractivity contribution in [1.82, 2.24) is 5.32 Å². The van der Waals surface area contributed by atoms with Crippen molar-refractivity contribution in [1.29, 1.82) is 0 Å². The highest BCUT2D eigenvalue weighted by Gasteiger charge is 2.30. The number of anilines is 1. The van der Waals surface area contributed by atoms with Crippen LogP contribution in [0.2, 0.25) is 0 Å². The molecule has 1 aromatic heterocycles. The molecule has 0 radical (unpaired) electrons. The molecule has 0 unspecified atom stereocenters. The van der Waals surface area contributed by atoms with E-state index in [-0.39, 0.29) is 12.5 Å². The summed E-state index contributed by atoms with van der Waals surface area (Å²) in [6.45, 7) is 1.80. The van der Waals surface area contributed by atoms with Gasteiger partial charge in [-0.25, -0.2) is 8.42 Å². The van der Waals surface area contributed by atoms with Crippen molar-refractivity contribution in [3.8, 4) is 0 Å². The molecule has 5 nitrogen and oxygen atoms in total. The summed E-state index contributed by atoms with van der Waals surface area (Å²) >= 11 is 1.19. The summed E-state index contributed by atoms with van der Waals surface area (Å²) in [5.41, 5.74) is 1.66. The molecule has 0 aliphatic carbocycles. The number of thiophene rings is 1. The smallest absolute Gasteiger partial charge is 0.219 e. The quantitative estimate of drug-likeness (QED) is 0.818. The molecule has 0 fully saturated rings. The molecule has 0 aliphatic heterocycles. The van der Waals surface area contributed by atoms with E-state index in [2.05, 4.69) is 5.32 Å². The number of sulfone groups is 1. The van der Waals surface area contributed by atoms with E-state index >= 15 is 0 Å². The Kier molecular flexibility index (Phi) is 6.01. The van der Waals surface area contributed by atoms with Crippen LogP contribution in [0.4, 0.5) is 5.69 Å². The third-order valence-electron chi connectivity index (χ3n) is 3.74. The van der Waals surface area contributed by atoms with Crippen LogP contribution in [0.1, 0.15) is 24.2 Å². The van der Waals surface area contributed by atoms with Crippen LogP contribution in [0.15, 0.2) is 46.0 Å². The molecule has 0 saturated carbocycles. The van der Waals surface area contributed by atoms with Gasteiger partial charge in [-0.1, -0.05) is 25.1 Å². The number of rotatable bonds is 7. The van der Waals surface area contributed by atoms with E-state index in [9.17, 15) is 13.2 Å². The number of carbonyl (C=O) groups excluding carboxylic acids is 1. The SMILES string of the molecule is CCC(=O)NC[C@H](c1ccc(N(C)C)cc1)S(=O)(=O)c1cccs1. The lowest BCUT2D eigenvalue weighted by molar-refractivity contribution is -0.120. The third kappa shape index (κ3) is 4.15. The van der Waals surface area contributed by atoms with Crippen molar-refractivity contribution in [2.75, 3.05) is 25.5 Å². The average Bonchev–Trinajstić information content (AvgIpc) is 3.10. The summed E-state index contributed by atoms with van der Waals surface area (Å²) < 4.78 is 26.2. The van der Waals surface area contributed by atoms with Gasteiger partial charge < -0.3 is 10.2 Å². The molecule has 2 rings (SSSR count). The lowest BCUT2D eigenvalue weighted by Gasteiger charge is -2.19. The molecule has 7 heteroatoms. The zero-order chi connectivity index (χ0) is 17.7. The molecule has 1 atom stereocenters. The first-order valence-electron chi connectivity index (χ1n) is 7.67. The normalized spacial score (nSPS) is 12.6. The van der Waals surface area contributed by atoms with Gasteiger partial charge in [-0.2, -0.15) is 0 Å². The van der Waals surface area contributed by atoms with Crippen molar-refractivity contribution in [3.05, 3.63) is 47.3 Å². The zero-order valence-corrected chi connectivity index (χ0v) is 15.7. The fraction of sp³-hybridized carbons (Fsp3) is 0.353. The van der Waals surface area contributed by atoms with Crippen molar-refractivity contribution in [2.24, 2.45) is 0 Å². The van der Waals surface area contributed by atoms with Gasteiger partial charge in [0.25, 0.3) is 0 Å². The Bertz CT molecular complexity index is 767. The van der Waals surface area contributed by atoms with Crippen LogP contribution in [0, 0.1) is 0 Å². The van der Waals surface area contributed by atoms with Crippen molar-refractivity contribution < 1.29 is 13.2 Å². The van der Waals surface area contributed by atoms with E-state index in [1.165, 1.54) is 11.3 Å². The van der Waals surface area contributed by atoms with Crippen molar-refractivity contribution in [2.45, 2.75) is 22.8 Å². The average molecular weight is 367 g/mol. The molecular formula is C17H22N2O3S2. The Morgan fingerprint density at radius 2 is 1.88 bits per heavy atom. The fourth-order valence-corrected chi connectivity index (χ4v) is 5.16. The molecule has 1 aromatic carbocycles. The minimum Gasteiger partial charge on any atom is -0.378 e. The van der Waals surface area contributed by atoms with Gasteiger partial charge in [-0.3, -0.25) is 4.79 Å². The Hall–Kier alpha value is -1.86. The first-order chi connectivity index (χ1) is 11.4. The molecule has 2 aromatic rings.